The number of anilines is 2. The zero-order valence-corrected chi connectivity index (χ0v) is 22.2. The Hall–Kier alpha value is -2.81. The fourth-order valence-electron chi connectivity index (χ4n) is 4.76. The molecule has 188 valence electrons. The van der Waals surface area contributed by atoms with Crippen molar-refractivity contribution >= 4 is 46.2 Å². The zero-order chi connectivity index (χ0) is 25.1. The third-order valence-electron chi connectivity index (χ3n) is 6.66. The number of aromatic nitrogens is 4. The summed E-state index contributed by atoms with van der Waals surface area (Å²) in [7, 11) is 1.96. The molecule has 5 rings (SSSR count). The van der Waals surface area contributed by atoms with E-state index in [0.29, 0.717) is 23.1 Å². The second-order valence-electron chi connectivity index (χ2n) is 9.45. The average molecular weight is 522 g/mol. The minimum absolute atomic E-state index is 0.326. The number of nitrogens with one attached hydrogen (secondary N) is 2. The van der Waals surface area contributed by atoms with Gasteiger partial charge in [0.2, 0.25) is 5.95 Å². The molecule has 0 amide bonds. The van der Waals surface area contributed by atoms with Crippen LogP contribution in [0.15, 0.2) is 53.6 Å². The first kappa shape index (κ1) is 24.9. The van der Waals surface area contributed by atoms with Crippen LogP contribution in [0.25, 0.3) is 22.2 Å². The van der Waals surface area contributed by atoms with Crippen LogP contribution in [0.5, 0.6) is 0 Å². The van der Waals surface area contributed by atoms with Gasteiger partial charge in [-0.1, -0.05) is 37.1 Å². The van der Waals surface area contributed by atoms with Crippen LogP contribution in [-0.2, 0) is 13.5 Å². The van der Waals surface area contributed by atoms with Crippen LogP contribution in [0.4, 0.5) is 11.8 Å². The van der Waals surface area contributed by atoms with E-state index >= 15 is 0 Å². The van der Waals surface area contributed by atoms with Gasteiger partial charge in [0.15, 0.2) is 5.82 Å². The van der Waals surface area contributed by atoms with E-state index < -0.39 is 0 Å². The molecular formula is C27H32ClN7S. The maximum Gasteiger partial charge on any atom is 0.223 e. The quantitative estimate of drug-likeness (QED) is 0.230. The van der Waals surface area contributed by atoms with Crippen molar-refractivity contribution in [3.05, 3.63) is 59.2 Å². The van der Waals surface area contributed by atoms with E-state index in [1.807, 2.05) is 42.2 Å². The van der Waals surface area contributed by atoms with Crippen molar-refractivity contribution in [2.24, 2.45) is 12.8 Å². The lowest BCUT2D eigenvalue weighted by molar-refractivity contribution is 0.410. The summed E-state index contributed by atoms with van der Waals surface area (Å²) < 4.78 is 5.22. The van der Waals surface area contributed by atoms with E-state index in [2.05, 4.69) is 45.2 Å². The molecule has 1 fully saturated rings. The predicted octanol–water partition coefficient (Wildman–Crippen LogP) is 6.44. The number of hydrogen-bond acceptors (Lipinski definition) is 7. The van der Waals surface area contributed by atoms with Gasteiger partial charge in [0.1, 0.15) is 0 Å². The molecule has 0 bridgehead atoms. The first-order valence-corrected chi connectivity index (χ1v) is 13.7. The first-order chi connectivity index (χ1) is 17.5. The molecule has 0 radical (unpaired) electrons. The van der Waals surface area contributed by atoms with Crippen LogP contribution in [-0.4, -0.2) is 31.8 Å². The fourth-order valence-corrected chi connectivity index (χ4v) is 5.64. The molecule has 0 atom stereocenters. The third-order valence-corrected chi connectivity index (χ3v) is 7.99. The minimum Gasteiger partial charge on any atom is -0.351 e. The van der Waals surface area contributed by atoms with Gasteiger partial charge in [-0.2, -0.15) is 5.10 Å². The summed E-state index contributed by atoms with van der Waals surface area (Å²) in [4.78, 5) is 10.5. The van der Waals surface area contributed by atoms with Crippen molar-refractivity contribution in [3.63, 3.8) is 0 Å². The molecular weight excluding hydrogens is 490 g/mol. The molecule has 1 aliphatic rings. The van der Waals surface area contributed by atoms with Gasteiger partial charge >= 0.3 is 0 Å². The summed E-state index contributed by atoms with van der Waals surface area (Å²) in [6.07, 6.45) is 8.15. The van der Waals surface area contributed by atoms with Crippen molar-refractivity contribution in [3.8, 4) is 11.3 Å². The number of nitrogens with zero attached hydrogens (tertiary/aromatic N) is 4. The highest BCUT2D eigenvalue weighted by Crippen LogP contribution is 2.32. The molecule has 7 nitrogen and oxygen atoms in total. The summed E-state index contributed by atoms with van der Waals surface area (Å²) in [5.74, 6) is 1.48. The number of fused-ring (bicyclic) bond motifs is 1. The number of aryl methyl sites for hydroxylation is 2. The maximum atomic E-state index is 6.29. The van der Waals surface area contributed by atoms with Crippen LogP contribution in [0.3, 0.4) is 0 Å². The van der Waals surface area contributed by atoms with Crippen LogP contribution in [0.2, 0.25) is 5.02 Å². The van der Waals surface area contributed by atoms with Crippen LogP contribution in [0.1, 0.15) is 44.6 Å². The molecule has 2 aromatic heterocycles. The smallest absolute Gasteiger partial charge is 0.223 e. The molecule has 0 saturated heterocycles. The molecule has 4 N–H and O–H groups in total. The van der Waals surface area contributed by atoms with Crippen molar-refractivity contribution in [2.45, 2.75) is 62.4 Å². The van der Waals surface area contributed by atoms with Crippen molar-refractivity contribution in [1.82, 2.24) is 19.7 Å². The normalized spacial score (nSPS) is 17.9. The molecule has 4 aromatic rings. The SMILES string of the molecule is CCCc1cc(-c2cc(NSc3ccccc3Cl)nn2C)cc2cnc(NC3CCC(N)CC3)nc12. The van der Waals surface area contributed by atoms with Crippen molar-refractivity contribution in [2.75, 3.05) is 10.0 Å². The van der Waals surface area contributed by atoms with E-state index in [-0.39, 0.29) is 0 Å². The Morgan fingerprint density at radius 3 is 2.72 bits per heavy atom. The monoisotopic (exact) mass is 521 g/mol. The topological polar surface area (TPSA) is 93.7 Å². The number of nitrogens with two attached hydrogens (primary N) is 1. The van der Waals surface area contributed by atoms with E-state index in [0.717, 1.165) is 71.4 Å². The van der Waals surface area contributed by atoms with Crippen LogP contribution in [0, 0.1) is 0 Å². The number of rotatable bonds is 8. The molecule has 0 aliphatic heterocycles. The lowest BCUT2D eigenvalue weighted by atomic mass is 9.92. The van der Waals surface area contributed by atoms with Crippen LogP contribution >= 0.6 is 23.5 Å². The van der Waals surface area contributed by atoms with Gasteiger partial charge in [0.25, 0.3) is 0 Å². The Kier molecular flexibility index (Phi) is 7.65. The zero-order valence-electron chi connectivity index (χ0n) is 20.7. The molecule has 0 spiro atoms. The standard InChI is InChI=1S/C27H32ClN7S/c1-3-6-17-13-18(23-15-25(33-35(23)2)34-36-24-8-5-4-7-22(24)28)14-19-16-30-27(32-26(17)19)31-21-11-9-20(29)10-12-21/h4-5,7-8,13-16,20-21H,3,6,9-12,29H2,1-2H3,(H,33,34)(H,30,31,32). The van der Waals surface area contributed by atoms with E-state index in [1.165, 1.54) is 17.5 Å². The van der Waals surface area contributed by atoms with Crippen LogP contribution < -0.4 is 15.8 Å². The van der Waals surface area contributed by atoms with E-state index in [9.17, 15) is 0 Å². The Labute approximate surface area is 221 Å². The highest BCUT2D eigenvalue weighted by Gasteiger charge is 2.19. The third kappa shape index (κ3) is 5.61. The van der Waals surface area contributed by atoms with E-state index in [1.54, 1.807) is 0 Å². The molecule has 36 heavy (non-hydrogen) atoms. The van der Waals surface area contributed by atoms with Gasteiger partial charge in [0, 0.05) is 47.2 Å². The summed E-state index contributed by atoms with van der Waals surface area (Å²) >= 11 is 7.74. The summed E-state index contributed by atoms with van der Waals surface area (Å²) in [6.45, 7) is 2.20. The van der Waals surface area contributed by atoms with Gasteiger partial charge in [-0.25, -0.2) is 9.97 Å². The lowest BCUT2D eigenvalue weighted by Crippen LogP contribution is -2.33. The largest absolute Gasteiger partial charge is 0.351 e. The average Bonchev–Trinajstić information content (AvgIpc) is 3.25. The summed E-state index contributed by atoms with van der Waals surface area (Å²) in [6, 6.07) is 14.9. The van der Waals surface area contributed by atoms with Gasteiger partial charge in [-0.3, -0.25) is 4.68 Å². The molecule has 0 unspecified atom stereocenters. The highest BCUT2D eigenvalue weighted by molar-refractivity contribution is 8.00. The van der Waals surface area contributed by atoms with Gasteiger partial charge < -0.3 is 15.8 Å². The lowest BCUT2D eigenvalue weighted by Gasteiger charge is -2.26. The number of hydrogen-bond donors (Lipinski definition) is 3. The fraction of sp³-hybridized carbons (Fsp3) is 0.370. The Morgan fingerprint density at radius 2 is 1.94 bits per heavy atom. The van der Waals surface area contributed by atoms with Crippen molar-refractivity contribution in [1.29, 1.82) is 0 Å². The first-order valence-electron chi connectivity index (χ1n) is 12.5. The molecule has 9 heteroatoms. The van der Waals surface area contributed by atoms with Crippen molar-refractivity contribution < 1.29 is 0 Å². The Bertz CT molecular complexity index is 1350. The molecule has 2 aromatic carbocycles. The molecule has 1 saturated carbocycles. The molecule has 1 aliphatic carbocycles. The van der Waals surface area contributed by atoms with Gasteiger partial charge in [-0.15, -0.1) is 0 Å². The Balaban J connectivity index is 1.40. The highest BCUT2D eigenvalue weighted by atomic mass is 35.5. The van der Waals surface area contributed by atoms with Gasteiger partial charge in [0.05, 0.1) is 16.2 Å². The molecule has 2 heterocycles. The summed E-state index contributed by atoms with van der Waals surface area (Å²) in [5.41, 5.74) is 10.4. The number of benzene rings is 2. The predicted molar refractivity (Wildman–Crippen MR) is 151 cm³/mol. The maximum absolute atomic E-state index is 6.29. The second-order valence-corrected chi connectivity index (χ2v) is 10.7. The number of halogens is 1. The Morgan fingerprint density at radius 1 is 1.14 bits per heavy atom. The summed E-state index contributed by atoms with van der Waals surface area (Å²) in [5, 5.41) is 9.95. The van der Waals surface area contributed by atoms with Gasteiger partial charge in [-0.05, 0) is 73.9 Å². The van der Waals surface area contributed by atoms with E-state index in [4.69, 9.17) is 22.3 Å². The minimum atomic E-state index is 0.326. The second kappa shape index (κ2) is 11.1.